The lowest BCUT2D eigenvalue weighted by Crippen LogP contribution is -2.50. The summed E-state index contributed by atoms with van der Waals surface area (Å²) in [6, 6.07) is 6.01. The van der Waals surface area contributed by atoms with Gasteiger partial charge in [0.2, 0.25) is 0 Å². The van der Waals surface area contributed by atoms with E-state index in [1.807, 2.05) is 12.1 Å². The van der Waals surface area contributed by atoms with E-state index in [-0.39, 0.29) is 36.3 Å². The fourth-order valence-corrected chi connectivity index (χ4v) is 3.88. The monoisotopic (exact) mass is 373 g/mol. The van der Waals surface area contributed by atoms with E-state index in [2.05, 4.69) is 35.7 Å². The average molecular weight is 374 g/mol. The lowest BCUT2D eigenvalue weighted by molar-refractivity contribution is 0.0899. The number of fused-ring (bicyclic) bond motifs is 1. The summed E-state index contributed by atoms with van der Waals surface area (Å²) in [5.41, 5.74) is 3.29. The van der Waals surface area contributed by atoms with E-state index in [0.717, 1.165) is 37.2 Å². The number of carbonyl (C=O) groups is 1. The van der Waals surface area contributed by atoms with Crippen LogP contribution in [0.2, 0.25) is 0 Å². The maximum atomic E-state index is 12.7. The number of benzene rings is 1. The van der Waals surface area contributed by atoms with Crippen molar-refractivity contribution < 1.29 is 4.79 Å². The Balaban J connectivity index is 0.00000144. The van der Waals surface area contributed by atoms with Gasteiger partial charge in [-0.3, -0.25) is 4.79 Å². The molecular weight excluding hydrogens is 345 g/mol. The van der Waals surface area contributed by atoms with Gasteiger partial charge < -0.3 is 15.5 Å². The Morgan fingerprint density at radius 3 is 2.58 bits per heavy atom. The molecule has 1 aromatic carbocycles. The van der Waals surface area contributed by atoms with Gasteiger partial charge in [0, 0.05) is 29.9 Å². The van der Waals surface area contributed by atoms with Crippen LogP contribution in [0.4, 0.5) is 5.69 Å². The van der Waals surface area contributed by atoms with Crippen molar-refractivity contribution in [1.29, 1.82) is 0 Å². The maximum Gasteiger partial charge on any atom is 0.251 e. The van der Waals surface area contributed by atoms with Crippen molar-refractivity contribution in [2.75, 3.05) is 32.5 Å². The lowest BCUT2D eigenvalue weighted by atomic mass is 9.94. The molecule has 0 atom stereocenters. The molecule has 0 bridgehead atoms. The first kappa shape index (κ1) is 21.1. The number of carbonyl (C=O) groups excluding carboxylic acids is 1. The van der Waals surface area contributed by atoms with Crippen LogP contribution in [0.5, 0.6) is 0 Å². The Morgan fingerprint density at radius 2 is 1.92 bits per heavy atom. The number of likely N-dealkylation sites (N-methyl/N-ethyl adjacent to an activating group) is 1. The molecule has 2 N–H and O–H groups in total. The smallest absolute Gasteiger partial charge is 0.251 e. The van der Waals surface area contributed by atoms with Gasteiger partial charge in [-0.1, -0.05) is 18.9 Å². The zero-order chi connectivity index (χ0) is 15.6. The normalized spacial score (nSPS) is 18.0. The van der Waals surface area contributed by atoms with Crippen LogP contribution in [0.25, 0.3) is 0 Å². The highest BCUT2D eigenvalue weighted by Crippen LogP contribution is 2.33. The highest BCUT2D eigenvalue weighted by molar-refractivity contribution is 5.97. The fourth-order valence-electron chi connectivity index (χ4n) is 3.88. The van der Waals surface area contributed by atoms with E-state index in [1.165, 1.54) is 31.2 Å². The van der Waals surface area contributed by atoms with Crippen molar-refractivity contribution in [3.63, 3.8) is 0 Å². The van der Waals surface area contributed by atoms with Gasteiger partial charge in [-0.05, 0) is 57.5 Å². The summed E-state index contributed by atoms with van der Waals surface area (Å²) in [5.74, 6) is 0.0775. The Bertz CT molecular complexity index is 557. The van der Waals surface area contributed by atoms with Gasteiger partial charge in [-0.25, -0.2) is 0 Å². The summed E-state index contributed by atoms with van der Waals surface area (Å²) in [6.45, 7) is 1.75. The molecule has 0 unspecified atom stereocenters. The number of amides is 1. The van der Waals surface area contributed by atoms with Crippen LogP contribution >= 0.6 is 24.8 Å². The summed E-state index contributed by atoms with van der Waals surface area (Å²) < 4.78 is 0. The quantitative estimate of drug-likeness (QED) is 0.848. The summed E-state index contributed by atoms with van der Waals surface area (Å²) in [5, 5.41) is 6.60. The first-order valence-corrected chi connectivity index (χ1v) is 8.44. The topological polar surface area (TPSA) is 44.4 Å². The third-order valence-corrected chi connectivity index (χ3v) is 5.40. The Hall–Kier alpha value is -0.970. The SMILES string of the molecule is CN(C)C1(CNC(=O)c2cccc3c2CCCN3)CCCC1.Cl.Cl. The molecule has 0 radical (unpaired) electrons. The second-order valence-electron chi connectivity index (χ2n) is 6.87. The van der Waals surface area contributed by atoms with Crippen molar-refractivity contribution in [2.24, 2.45) is 0 Å². The van der Waals surface area contributed by atoms with E-state index in [4.69, 9.17) is 0 Å². The Kier molecular flexibility index (Phi) is 7.84. The van der Waals surface area contributed by atoms with Crippen molar-refractivity contribution in [2.45, 2.75) is 44.1 Å². The minimum Gasteiger partial charge on any atom is -0.385 e. The van der Waals surface area contributed by atoms with Crippen LogP contribution in [0, 0.1) is 0 Å². The third kappa shape index (κ3) is 4.16. The predicted molar refractivity (Wildman–Crippen MR) is 105 cm³/mol. The predicted octanol–water partition coefficient (Wildman–Crippen LogP) is 3.49. The lowest BCUT2D eigenvalue weighted by Gasteiger charge is -2.36. The molecule has 1 aliphatic carbocycles. The van der Waals surface area contributed by atoms with Crippen LogP contribution in [-0.2, 0) is 6.42 Å². The first-order valence-electron chi connectivity index (χ1n) is 8.44. The molecular formula is C18H29Cl2N3O. The van der Waals surface area contributed by atoms with Crippen LogP contribution in [0.1, 0.15) is 48.0 Å². The van der Waals surface area contributed by atoms with Crippen LogP contribution in [0.3, 0.4) is 0 Å². The van der Waals surface area contributed by atoms with Gasteiger partial charge in [0.15, 0.2) is 0 Å². The van der Waals surface area contributed by atoms with Crippen molar-refractivity contribution in [1.82, 2.24) is 10.2 Å². The number of nitrogens with one attached hydrogen (secondary N) is 2. The van der Waals surface area contributed by atoms with Gasteiger partial charge in [0.25, 0.3) is 5.91 Å². The number of nitrogens with zero attached hydrogens (tertiary/aromatic N) is 1. The number of halogens is 2. The minimum atomic E-state index is 0. The molecule has 24 heavy (non-hydrogen) atoms. The molecule has 1 amide bonds. The largest absolute Gasteiger partial charge is 0.385 e. The van der Waals surface area contributed by atoms with Gasteiger partial charge >= 0.3 is 0 Å². The van der Waals surface area contributed by atoms with Gasteiger partial charge in [0.05, 0.1) is 0 Å². The molecule has 0 saturated heterocycles. The zero-order valence-electron chi connectivity index (χ0n) is 14.6. The molecule has 1 heterocycles. The summed E-state index contributed by atoms with van der Waals surface area (Å²) in [4.78, 5) is 15.0. The molecule has 2 aliphatic rings. The van der Waals surface area contributed by atoms with Gasteiger partial charge in [-0.15, -0.1) is 24.8 Å². The standard InChI is InChI=1S/C18H27N3O.2ClH/c1-21(2)18(10-3-4-11-18)13-20-17(22)15-7-5-9-16-14(15)8-6-12-19-16;;/h5,7,9,19H,3-4,6,8,10-13H2,1-2H3,(H,20,22);2*1H. The van der Waals surface area contributed by atoms with Crippen LogP contribution < -0.4 is 10.6 Å². The first-order chi connectivity index (χ1) is 10.6. The number of rotatable bonds is 4. The second kappa shape index (κ2) is 8.93. The Labute approximate surface area is 157 Å². The van der Waals surface area contributed by atoms with Crippen molar-refractivity contribution in [3.05, 3.63) is 29.3 Å². The van der Waals surface area contributed by atoms with Gasteiger partial charge in [-0.2, -0.15) is 0 Å². The van der Waals surface area contributed by atoms with Crippen LogP contribution in [0.15, 0.2) is 18.2 Å². The highest BCUT2D eigenvalue weighted by Gasteiger charge is 2.36. The maximum absolute atomic E-state index is 12.7. The van der Waals surface area contributed by atoms with E-state index in [9.17, 15) is 4.79 Å². The number of hydrogen-bond donors (Lipinski definition) is 2. The van der Waals surface area contributed by atoms with Gasteiger partial charge in [0.1, 0.15) is 0 Å². The van der Waals surface area contributed by atoms with E-state index >= 15 is 0 Å². The summed E-state index contributed by atoms with van der Waals surface area (Å²) in [7, 11) is 4.26. The zero-order valence-corrected chi connectivity index (χ0v) is 16.2. The van der Waals surface area contributed by atoms with Crippen molar-refractivity contribution in [3.8, 4) is 0 Å². The van der Waals surface area contributed by atoms with Crippen LogP contribution in [-0.4, -0.2) is 43.5 Å². The third-order valence-electron chi connectivity index (χ3n) is 5.40. The number of anilines is 1. The Morgan fingerprint density at radius 1 is 1.21 bits per heavy atom. The summed E-state index contributed by atoms with van der Waals surface area (Å²) in [6.07, 6.45) is 6.96. The fraction of sp³-hybridized carbons (Fsp3) is 0.611. The second-order valence-corrected chi connectivity index (χ2v) is 6.87. The molecule has 3 rings (SSSR count). The molecule has 0 aromatic heterocycles. The molecule has 0 spiro atoms. The molecule has 1 saturated carbocycles. The molecule has 1 aromatic rings. The molecule has 136 valence electrons. The van der Waals surface area contributed by atoms with E-state index in [1.54, 1.807) is 0 Å². The molecule has 1 aliphatic heterocycles. The molecule has 6 heteroatoms. The van der Waals surface area contributed by atoms with E-state index < -0.39 is 0 Å². The molecule has 1 fully saturated rings. The summed E-state index contributed by atoms with van der Waals surface area (Å²) >= 11 is 0. The van der Waals surface area contributed by atoms with E-state index in [0.29, 0.717) is 0 Å². The molecule has 4 nitrogen and oxygen atoms in total. The minimum absolute atomic E-state index is 0. The highest BCUT2D eigenvalue weighted by atomic mass is 35.5. The number of hydrogen-bond acceptors (Lipinski definition) is 3. The average Bonchev–Trinajstić information content (AvgIpc) is 3.02. The van der Waals surface area contributed by atoms with Crippen molar-refractivity contribution >= 4 is 36.4 Å².